The van der Waals surface area contributed by atoms with Gasteiger partial charge in [-0.05, 0) is 43.1 Å². The highest BCUT2D eigenvalue weighted by Crippen LogP contribution is 2.29. The number of rotatable bonds is 5. The second kappa shape index (κ2) is 6.76. The van der Waals surface area contributed by atoms with Gasteiger partial charge in [0.1, 0.15) is 0 Å². The molecule has 1 atom stereocenters. The van der Waals surface area contributed by atoms with Crippen LogP contribution in [0.5, 0.6) is 0 Å². The van der Waals surface area contributed by atoms with Crippen LogP contribution in [0.2, 0.25) is 0 Å². The standard InChI is InChI=1S/C17H18F3N/c1-13(21-12-11-14-5-3-2-4-6-14)15-7-9-16(10-8-15)17(18,19)20/h2-10,13,21H,11-12H2,1H3. The largest absolute Gasteiger partial charge is 0.416 e. The first-order valence-electron chi connectivity index (χ1n) is 6.91. The molecule has 0 aliphatic heterocycles. The molecule has 1 unspecified atom stereocenters. The van der Waals surface area contributed by atoms with Crippen LogP contribution in [0.3, 0.4) is 0 Å². The van der Waals surface area contributed by atoms with Gasteiger partial charge in [-0.25, -0.2) is 0 Å². The zero-order valence-corrected chi connectivity index (χ0v) is 11.8. The summed E-state index contributed by atoms with van der Waals surface area (Å²) in [6.07, 6.45) is -3.38. The summed E-state index contributed by atoms with van der Waals surface area (Å²) >= 11 is 0. The second-order valence-electron chi connectivity index (χ2n) is 5.03. The highest BCUT2D eigenvalue weighted by molar-refractivity contribution is 5.26. The molecular weight excluding hydrogens is 275 g/mol. The molecule has 0 radical (unpaired) electrons. The van der Waals surface area contributed by atoms with Crippen LogP contribution in [0.4, 0.5) is 13.2 Å². The molecule has 2 aromatic rings. The van der Waals surface area contributed by atoms with Crippen LogP contribution in [-0.2, 0) is 12.6 Å². The van der Waals surface area contributed by atoms with Gasteiger partial charge in [0.15, 0.2) is 0 Å². The quantitative estimate of drug-likeness (QED) is 0.849. The minimum atomic E-state index is -4.28. The lowest BCUT2D eigenvalue weighted by molar-refractivity contribution is -0.137. The van der Waals surface area contributed by atoms with Crippen LogP contribution in [0.25, 0.3) is 0 Å². The highest BCUT2D eigenvalue weighted by Gasteiger charge is 2.30. The van der Waals surface area contributed by atoms with Crippen molar-refractivity contribution in [2.75, 3.05) is 6.54 Å². The molecule has 21 heavy (non-hydrogen) atoms. The van der Waals surface area contributed by atoms with E-state index in [9.17, 15) is 13.2 Å². The van der Waals surface area contributed by atoms with Crippen LogP contribution < -0.4 is 5.32 Å². The van der Waals surface area contributed by atoms with E-state index in [-0.39, 0.29) is 6.04 Å². The third-order valence-corrected chi connectivity index (χ3v) is 3.45. The maximum atomic E-state index is 12.5. The minimum absolute atomic E-state index is 0.0241. The second-order valence-corrected chi connectivity index (χ2v) is 5.03. The van der Waals surface area contributed by atoms with Crippen molar-refractivity contribution >= 4 is 0 Å². The zero-order valence-electron chi connectivity index (χ0n) is 11.8. The molecule has 1 N–H and O–H groups in total. The van der Waals surface area contributed by atoms with Crippen molar-refractivity contribution in [2.45, 2.75) is 25.6 Å². The van der Waals surface area contributed by atoms with E-state index in [1.54, 1.807) is 0 Å². The van der Waals surface area contributed by atoms with Crippen molar-refractivity contribution < 1.29 is 13.2 Å². The molecule has 0 aliphatic rings. The Kier molecular flexibility index (Phi) is 5.02. The summed E-state index contributed by atoms with van der Waals surface area (Å²) in [5.41, 5.74) is 1.49. The Balaban J connectivity index is 1.87. The van der Waals surface area contributed by atoms with E-state index in [1.807, 2.05) is 25.1 Å². The topological polar surface area (TPSA) is 12.0 Å². The van der Waals surface area contributed by atoms with Gasteiger partial charge in [-0.15, -0.1) is 0 Å². The Labute approximate surface area is 122 Å². The van der Waals surface area contributed by atoms with Crippen LogP contribution in [0, 0.1) is 0 Å². The molecule has 112 valence electrons. The van der Waals surface area contributed by atoms with Crippen molar-refractivity contribution in [3.05, 3.63) is 71.3 Å². The Morgan fingerprint density at radius 2 is 1.57 bits per heavy atom. The van der Waals surface area contributed by atoms with Crippen LogP contribution in [0.15, 0.2) is 54.6 Å². The molecule has 2 rings (SSSR count). The Hall–Kier alpha value is -1.81. The molecular formula is C17H18F3N. The lowest BCUT2D eigenvalue weighted by Gasteiger charge is -2.15. The third kappa shape index (κ3) is 4.60. The molecule has 2 aromatic carbocycles. The van der Waals surface area contributed by atoms with E-state index in [1.165, 1.54) is 17.7 Å². The summed E-state index contributed by atoms with van der Waals surface area (Å²) in [6, 6.07) is 15.4. The van der Waals surface area contributed by atoms with E-state index >= 15 is 0 Å². The SMILES string of the molecule is CC(NCCc1ccccc1)c1ccc(C(F)(F)F)cc1. The summed E-state index contributed by atoms with van der Waals surface area (Å²) in [7, 11) is 0. The molecule has 0 fully saturated rings. The third-order valence-electron chi connectivity index (χ3n) is 3.45. The summed E-state index contributed by atoms with van der Waals surface area (Å²) in [4.78, 5) is 0. The molecule has 0 bridgehead atoms. The smallest absolute Gasteiger partial charge is 0.310 e. The Morgan fingerprint density at radius 3 is 2.14 bits per heavy atom. The average Bonchev–Trinajstić information content (AvgIpc) is 2.47. The van der Waals surface area contributed by atoms with E-state index in [0.717, 1.165) is 30.7 Å². The predicted octanol–water partition coefficient (Wildman–Crippen LogP) is 4.60. The van der Waals surface area contributed by atoms with Gasteiger partial charge < -0.3 is 5.32 Å². The van der Waals surface area contributed by atoms with Gasteiger partial charge in [0, 0.05) is 6.04 Å². The fourth-order valence-corrected chi connectivity index (χ4v) is 2.16. The van der Waals surface area contributed by atoms with Gasteiger partial charge in [0.05, 0.1) is 5.56 Å². The summed E-state index contributed by atoms with van der Waals surface area (Å²) < 4.78 is 37.5. The van der Waals surface area contributed by atoms with Crippen molar-refractivity contribution in [1.82, 2.24) is 5.32 Å². The highest BCUT2D eigenvalue weighted by atomic mass is 19.4. The number of hydrogen-bond donors (Lipinski definition) is 1. The molecule has 1 nitrogen and oxygen atoms in total. The van der Waals surface area contributed by atoms with Crippen molar-refractivity contribution in [3.8, 4) is 0 Å². The first kappa shape index (κ1) is 15.6. The van der Waals surface area contributed by atoms with Crippen molar-refractivity contribution in [3.63, 3.8) is 0 Å². The van der Waals surface area contributed by atoms with Crippen molar-refractivity contribution in [1.29, 1.82) is 0 Å². The van der Waals surface area contributed by atoms with Crippen LogP contribution >= 0.6 is 0 Å². The fraction of sp³-hybridized carbons (Fsp3) is 0.294. The van der Waals surface area contributed by atoms with E-state index in [4.69, 9.17) is 0 Å². The summed E-state index contributed by atoms with van der Waals surface area (Å²) in [5.74, 6) is 0. The predicted molar refractivity (Wildman–Crippen MR) is 78.0 cm³/mol. The number of halogens is 3. The molecule has 0 saturated heterocycles. The number of benzene rings is 2. The lowest BCUT2D eigenvalue weighted by Crippen LogP contribution is -2.21. The normalized spacial score (nSPS) is 13.1. The molecule has 0 aliphatic carbocycles. The molecule has 0 aromatic heterocycles. The van der Waals surface area contributed by atoms with E-state index in [2.05, 4.69) is 17.4 Å². The number of hydrogen-bond acceptors (Lipinski definition) is 1. The van der Waals surface area contributed by atoms with Crippen LogP contribution in [0.1, 0.15) is 29.7 Å². The van der Waals surface area contributed by atoms with Gasteiger partial charge in [-0.2, -0.15) is 13.2 Å². The lowest BCUT2D eigenvalue weighted by atomic mass is 10.1. The first-order chi connectivity index (χ1) is 9.97. The molecule has 0 spiro atoms. The van der Waals surface area contributed by atoms with Gasteiger partial charge >= 0.3 is 6.18 Å². The molecule has 4 heteroatoms. The maximum Gasteiger partial charge on any atom is 0.416 e. The van der Waals surface area contributed by atoms with E-state index in [0.29, 0.717) is 0 Å². The number of nitrogens with one attached hydrogen (secondary N) is 1. The van der Waals surface area contributed by atoms with Gasteiger partial charge in [-0.1, -0.05) is 42.5 Å². The molecule has 0 heterocycles. The zero-order chi connectivity index (χ0) is 15.3. The number of alkyl halides is 3. The fourth-order valence-electron chi connectivity index (χ4n) is 2.16. The minimum Gasteiger partial charge on any atom is -0.310 e. The van der Waals surface area contributed by atoms with Gasteiger partial charge in [0.2, 0.25) is 0 Å². The Morgan fingerprint density at radius 1 is 0.952 bits per heavy atom. The maximum absolute atomic E-state index is 12.5. The monoisotopic (exact) mass is 293 g/mol. The first-order valence-corrected chi connectivity index (χ1v) is 6.91. The molecule has 0 saturated carbocycles. The molecule has 0 amide bonds. The van der Waals surface area contributed by atoms with Crippen molar-refractivity contribution in [2.24, 2.45) is 0 Å². The summed E-state index contributed by atoms with van der Waals surface area (Å²) in [6.45, 7) is 2.74. The Bertz CT molecular complexity index is 546. The van der Waals surface area contributed by atoms with Gasteiger partial charge in [-0.3, -0.25) is 0 Å². The van der Waals surface area contributed by atoms with Gasteiger partial charge in [0.25, 0.3) is 0 Å². The van der Waals surface area contributed by atoms with E-state index < -0.39 is 11.7 Å². The average molecular weight is 293 g/mol. The summed E-state index contributed by atoms with van der Waals surface area (Å²) in [5, 5.41) is 3.32. The van der Waals surface area contributed by atoms with Crippen LogP contribution in [-0.4, -0.2) is 6.54 Å².